The molecule has 1 aliphatic rings. The summed E-state index contributed by atoms with van der Waals surface area (Å²) in [6.07, 6.45) is 1.64. The number of nitrogens with zero attached hydrogens (tertiary/aromatic N) is 4. The van der Waals surface area contributed by atoms with E-state index >= 15 is 0 Å². The Hall–Kier alpha value is -1.60. The fourth-order valence-corrected chi connectivity index (χ4v) is 3.26. The summed E-state index contributed by atoms with van der Waals surface area (Å²) in [5, 5.41) is 4.98. The normalized spacial score (nSPS) is 15.7. The van der Waals surface area contributed by atoms with Gasteiger partial charge in [0.1, 0.15) is 5.02 Å². The maximum Gasteiger partial charge on any atom is 0.292 e. The second-order valence-corrected chi connectivity index (χ2v) is 6.47. The van der Waals surface area contributed by atoms with Crippen LogP contribution in [-0.2, 0) is 0 Å². The van der Waals surface area contributed by atoms with Gasteiger partial charge in [0.2, 0.25) is 0 Å². The van der Waals surface area contributed by atoms with Crippen molar-refractivity contribution < 1.29 is 0 Å². The van der Waals surface area contributed by atoms with Crippen molar-refractivity contribution in [3.63, 3.8) is 0 Å². The molecule has 0 amide bonds. The highest BCUT2D eigenvalue weighted by atomic mass is 35.5. The van der Waals surface area contributed by atoms with E-state index in [1.165, 1.54) is 4.68 Å². The molecule has 2 N–H and O–H groups in total. The minimum Gasteiger partial charge on any atom is -0.366 e. The van der Waals surface area contributed by atoms with Crippen LogP contribution in [0.15, 0.2) is 35.3 Å². The number of hydrogen-bond donors (Lipinski definition) is 1. The first-order chi connectivity index (χ1) is 11.6. The van der Waals surface area contributed by atoms with Gasteiger partial charge in [-0.15, -0.1) is 0 Å². The van der Waals surface area contributed by atoms with Crippen LogP contribution in [0, 0.1) is 0 Å². The topological polar surface area (TPSA) is 67.4 Å². The molecule has 1 aliphatic heterocycles. The zero-order chi connectivity index (χ0) is 17.1. The van der Waals surface area contributed by atoms with E-state index in [1.807, 2.05) is 0 Å². The third kappa shape index (κ3) is 3.57. The summed E-state index contributed by atoms with van der Waals surface area (Å²) in [4.78, 5) is 17.0. The fourth-order valence-electron chi connectivity index (χ4n) is 2.83. The summed E-state index contributed by atoms with van der Waals surface area (Å²) in [6, 6.07) is 6.95. The van der Waals surface area contributed by atoms with E-state index in [0.29, 0.717) is 22.9 Å². The Bertz CT molecular complexity index is 771. The highest BCUT2D eigenvalue weighted by Crippen LogP contribution is 2.23. The van der Waals surface area contributed by atoms with Crippen LogP contribution in [0.2, 0.25) is 10.0 Å². The fraction of sp³-hybridized carbons (Fsp3) is 0.375. The molecule has 1 aromatic heterocycles. The monoisotopic (exact) mass is 367 g/mol. The zero-order valence-corrected chi connectivity index (χ0v) is 14.7. The molecule has 0 spiro atoms. The Morgan fingerprint density at radius 1 is 1.17 bits per heavy atom. The Morgan fingerprint density at radius 2 is 1.92 bits per heavy atom. The predicted molar refractivity (Wildman–Crippen MR) is 97.6 cm³/mol. The molecule has 1 aromatic carbocycles. The summed E-state index contributed by atoms with van der Waals surface area (Å²) in [7, 11) is 0. The minimum atomic E-state index is -0.346. The number of piperazine rings is 1. The predicted octanol–water partition coefficient (Wildman–Crippen LogP) is 1.62. The van der Waals surface area contributed by atoms with E-state index in [9.17, 15) is 4.79 Å². The molecule has 1 saturated heterocycles. The maximum atomic E-state index is 12.6. The lowest BCUT2D eigenvalue weighted by Crippen LogP contribution is -2.48. The minimum absolute atomic E-state index is 0.178. The SMILES string of the molecule is NCCN1CCN(c2cnn(-c3cccc(Cl)c3)c(=O)c2Cl)CC1. The molecule has 3 rings (SSSR count). The van der Waals surface area contributed by atoms with Gasteiger partial charge in [-0.3, -0.25) is 9.69 Å². The first-order valence-electron chi connectivity index (χ1n) is 7.81. The molecular formula is C16H19Cl2N5O. The second kappa shape index (κ2) is 7.53. The van der Waals surface area contributed by atoms with Gasteiger partial charge < -0.3 is 10.6 Å². The molecule has 2 heterocycles. The van der Waals surface area contributed by atoms with Gasteiger partial charge in [0.15, 0.2) is 0 Å². The largest absolute Gasteiger partial charge is 0.366 e. The number of nitrogens with two attached hydrogens (primary N) is 1. The van der Waals surface area contributed by atoms with Crippen LogP contribution in [0.1, 0.15) is 0 Å². The van der Waals surface area contributed by atoms with Crippen LogP contribution in [0.25, 0.3) is 5.69 Å². The molecule has 128 valence electrons. The van der Waals surface area contributed by atoms with Crippen LogP contribution in [-0.4, -0.2) is 53.9 Å². The van der Waals surface area contributed by atoms with E-state index in [1.54, 1.807) is 30.5 Å². The van der Waals surface area contributed by atoms with E-state index in [4.69, 9.17) is 28.9 Å². The molecule has 8 heteroatoms. The first-order valence-corrected chi connectivity index (χ1v) is 8.57. The van der Waals surface area contributed by atoms with E-state index in [-0.39, 0.29) is 10.6 Å². The zero-order valence-electron chi connectivity index (χ0n) is 13.2. The number of rotatable bonds is 4. The molecule has 0 saturated carbocycles. The van der Waals surface area contributed by atoms with Crippen LogP contribution in [0.4, 0.5) is 5.69 Å². The van der Waals surface area contributed by atoms with Gasteiger partial charge in [-0.2, -0.15) is 9.78 Å². The third-order valence-corrected chi connectivity index (χ3v) is 4.70. The molecule has 0 aliphatic carbocycles. The van der Waals surface area contributed by atoms with E-state index in [2.05, 4.69) is 14.9 Å². The van der Waals surface area contributed by atoms with Crippen LogP contribution in [0.5, 0.6) is 0 Å². The number of anilines is 1. The van der Waals surface area contributed by atoms with Crippen molar-refractivity contribution in [3.8, 4) is 5.69 Å². The highest BCUT2D eigenvalue weighted by Gasteiger charge is 2.21. The number of halogens is 2. The molecular weight excluding hydrogens is 349 g/mol. The van der Waals surface area contributed by atoms with Crippen LogP contribution >= 0.6 is 23.2 Å². The van der Waals surface area contributed by atoms with Crippen molar-refractivity contribution in [2.75, 3.05) is 44.2 Å². The van der Waals surface area contributed by atoms with Crippen LogP contribution in [0.3, 0.4) is 0 Å². The average molecular weight is 368 g/mol. The first kappa shape index (κ1) is 17.2. The number of hydrogen-bond acceptors (Lipinski definition) is 5. The van der Waals surface area contributed by atoms with Gasteiger partial charge in [0, 0.05) is 44.3 Å². The lowest BCUT2D eigenvalue weighted by Gasteiger charge is -2.35. The van der Waals surface area contributed by atoms with Crippen molar-refractivity contribution in [2.24, 2.45) is 5.73 Å². The van der Waals surface area contributed by atoms with Crippen molar-refractivity contribution in [3.05, 3.63) is 50.9 Å². The molecule has 0 atom stereocenters. The Labute approximate surface area is 150 Å². The molecule has 0 bridgehead atoms. The lowest BCUT2D eigenvalue weighted by atomic mass is 10.2. The lowest BCUT2D eigenvalue weighted by molar-refractivity contribution is 0.265. The Morgan fingerprint density at radius 3 is 2.58 bits per heavy atom. The van der Waals surface area contributed by atoms with Gasteiger partial charge in [-0.05, 0) is 18.2 Å². The van der Waals surface area contributed by atoms with Gasteiger partial charge >= 0.3 is 0 Å². The van der Waals surface area contributed by atoms with Gasteiger partial charge in [-0.1, -0.05) is 29.3 Å². The number of aromatic nitrogens is 2. The Balaban J connectivity index is 1.85. The smallest absolute Gasteiger partial charge is 0.292 e. The summed E-state index contributed by atoms with van der Waals surface area (Å²) in [5.41, 5.74) is 6.51. The van der Waals surface area contributed by atoms with Crippen LogP contribution < -0.4 is 16.2 Å². The van der Waals surface area contributed by atoms with Crippen molar-refractivity contribution in [2.45, 2.75) is 0 Å². The average Bonchev–Trinajstić information content (AvgIpc) is 2.58. The molecule has 6 nitrogen and oxygen atoms in total. The summed E-state index contributed by atoms with van der Waals surface area (Å²) < 4.78 is 1.27. The highest BCUT2D eigenvalue weighted by molar-refractivity contribution is 6.33. The standard InChI is InChI=1S/C16H19Cl2N5O/c17-12-2-1-3-13(10-12)23-16(24)15(18)14(11-20-23)22-8-6-21(5-4-19)7-9-22/h1-3,10-11H,4-9,19H2. The second-order valence-electron chi connectivity index (χ2n) is 5.66. The molecule has 0 radical (unpaired) electrons. The quantitative estimate of drug-likeness (QED) is 0.889. The van der Waals surface area contributed by atoms with Crippen molar-refractivity contribution in [1.29, 1.82) is 0 Å². The summed E-state index contributed by atoms with van der Waals surface area (Å²) >= 11 is 12.3. The van der Waals surface area contributed by atoms with Gasteiger partial charge in [-0.25, -0.2) is 0 Å². The van der Waals surface area contributed by atoms with Gasteiger partial charge in [0.05, 0.1) is 17.6 Å². The van der Waals surface area contributed by atoms with Crippen molar-refractivity contribution >= 4 is 28.9 Å². The molecule has 24 heavy (non-hydrogen) atoms. The molecule has 1 fully saturated rings. The maximum absolute atomic E-state index is 12.6. The van der Waals surface area contributed by atoms with E-state index < -0.39 is 0 Å². The number of benzene rings is 1. The summed E-state index contributed by atoms with van der Waals surface area (Å²) in [6.45, 7) is 4.91. The molecule has 0 unspecified atom stereocenters. The van der Waals surface area contributed by atoms with Crippen molar-refractivity contribution in [1.82, 2.24) is 14.7 Å². The molecule has 2 aromatic rings. The van der Waals surface area contributed by atoms with E-state index in [0.717, 1.165) is 32.7 Å². The van der Waals surface area contributed by atoms with Gasteiger partial charge in [0.25, 0.3) is 5.56 Å². The Kier molecular flexibility index (Phi) is 5.40. The third-order valence-electron chi connectivity index (χ3n) is 4.11. The summed E-state index contributed by atoms with van der Waals surface area (Å²) in [5.74, 6) is 0.